The minimum atomic E-state index is -0.541. The number of methoxy groups -OCH3 is 2. The van der Waals surface area contributed by atoms with Gasteiger partial charge in [0.25, 0.3) is 0 Å². The predicted octanol–water partition coefficient (Wildman–Crippen LogP) is 2.71. The van der Waals surface area contributed by atoms with E-state index in [1.165, 1.54) is 20.3 Å². The summed E-state index contributed by atoms with van der Waals surface area (Å²) in [5, 5.41) is 10.3. The Kier molecular flexibility index (Phi) is 4.30. The fourth-order valence-corrected chi connectivity index (χ4v) is 1.62. The summed E-state index contributed by atoms with van der Waals surface area (Å²) in [5.41, 5.74) is 0.532. The molecule has 0 atom stereocenters. The lowest BCUT2D eigenvalue weighted by atomic mass is 10.1. The van der Waals surface area contributed by atoms with E-state index in [1.807, 2.05) is 0 Å². The van der Waals surface area contributed by atoms with Gasteiger partial charge in [-0.25, -0.2) is 0 Å². The number of rotatable bonds is 4. The molecule has 0 aliphatic heterocycles. The van der Waals surface area contributed by atoms with Gasteiger partial charge in [-0.3, -0.25) is 10.1 Å². The molecule has 0 fully saturated rings. The maximum Gasteiger partial charge on any atom is 0.235 e. The number of hydrogen-bond donors (Lipinski definition) is 0. The molecule has 0 amide bonds. The molecule has 16 heavy (non-hydrogen) atoms. The molecule has 0 radical (unpaired) electrons. The van der Waals surface area contributed by atoms with Gasteiger partial charge in [0.05, 0.1) is 24.7 Å². The highest BCUT2D eigenvalue weighted by molar-refractivity contribution is 9.10. The van der Waals surface area contributed by atoms with Crippen molar-refractivity contribution in [3.05, 3.63) is 38.5 Å². The van der Waals surface area contributed by atoms with Gasteiger partial charge in [-0.05, 0) is 12.1 Å². The van der Waals surface area contributed by atoms with Crippen LogP contribution in [0.1, 0.15) is 5.56 Å². The first kappa shape index (κ1) is 12.5. The first-order valence-corrected chi connectivity index (χ1v) is 5.11. The normalized spacial score (nSPS) is 10.4. The number of halogens is 1. The summed E-state index contributed by atoms with van der Waals surface area (Å²) in [4.78, 5) is 9.73. The second-order valence-electron chi connectivity index (χ2n) is 2.83. The third-order valence-electron chi connectivity index (χ3n) is 1.87. The summed E-state index contributed by atoms with van der Waals surface area (Å²) >= 11 is 3.29. The zero-order chi connectivity index (χ0) is 12.1. The molecule has 1 rings (SSSR count). The van der Waals surface area contributed by atoms with Gasteiger partial charge < -0.3 is 9.47 Å². The SMILES string of the molecule is COc1cc(Br)cc(OC)c1C=C[N+](=O)[O-]. The van der Waals surface area contributed by atoms with Crippen LogP contribution in [-0.4, -0.2) is 19.1 Å². The van der Waals surface area contributed by atoms with Crippen molar-refractivity contribution in [1.82, 2.24) is 0 Å². The number of nitro groups is 1. The zero-order valence-corrected chi connectivity index (χ0v) is 10.4. The van der Waals surface area contributed by atoms with E-state index in [-0.39, 0.29) is 0 Å². The molecule has 0 N–H and O–H groups in total. The summed E-state index contributed by atoms with van der Waals surface area (Å²) in [7, 11) is 2.98. The molecule has 6 heteroatoms. The third-order valence-corrected chi connectivity index (χ3v) is 2.33. The highest BCUT2D eigenvalue weighted by Gasteiger charge is 2.10. The fraction of sp³-hybridized carbons (Fsp3) is 0.200. The van der Waals surface area contributed by atoms with Gasteiger partial charge in [0.1, 0.15) is 11.5 Å². The topological polar surface area (TPSA) is 61.6 Å². The van der Waals surface area contributed by atoms with Crippen molar-refractivity contribution in [1.29, 1.82) is 0 Å². The van der Waals surface area contributed by atoms with Gasteiger partial charge >= 0.3 is 0 Å². The fourth-order valence-electron chi connectivity index (χ4n) is 1.21. The van der Waals surface area contributed by atoms with Crippen LogP contribution in [0.2, 0.25) is 0 Å². The second-order valence-corrected chi connectivity index (χ2v) is 3.74. The summed E-state index contributed by atoms with van der Waals surface area (Å²) in [6, 6.07) is 3.42. The number of ether oxygens (including phenoxy) is 2. The molecular weight excluding hydrogens is 278 g/mol. The first-order valence-electron chi connectivity index (χ1n) is 4.31. The third kappa shape index (κ3) is 2.96. The number of nitrogens with zero attached hydrogens (tertiary/aromatic N) is 1. The smallest absolute Gasteiger partial charge is 0.235 e. The van der Waals surface area contributed by atoms with Crippen LogP contribution in [0.4, 0.5) is 0 Å². The van der Waals surface area contributed by atoms with Crippen molar-refractivity contribution < 1.29 is 14.4 Å². The monoisotopic (exact) mass is 287 g/mol. The summed E-state index contributed by atoms with van der Waals surface area (Å²) in [5.74, 6) is 1.01. The van der Waals surface area contributed by atoms with Crippen LogP contribution in [0.5, 0.6) is 11.5 Å². The average molecular weight is 288 g/mol. The van der Waals surface area contributed by atoms with E-state index in [2.05, 4.69) is 15.9 Å². The largest absolute Gasteiger partial charge is 0.496 e. The van der Waals surface area contributed by atoms with Crippen LogP contribution < -0.4 is 9.47 Å². The van der Waals surface area contributed by atoms with Gasteiger partial charge in [-0.1, -0.05) is 15.9 Å². The number of hydrogen-bond acceptors (Lipinski definition) is 4. The zero-order valence-electron chi connectivity index (χ0n) is 8.77. The standard InChI is InChI=1S/C10H10BrNO4/c1-15-9-5-7(11)6-10(16-2)8(9)3-4-12(13)14/h3-6H,1-2H3. The maximum absolute atomic E-state index is 10.3. The second kappa shape index (κ2) is 5.50. The molecule has 1 aromatic rings. The molecule has 1 aromatic carbocycles. The molecule has 0 heterocycles. The Morgan fingerprint density at radius 1 is 1.31 bits per heavy atom. The molecule has 5 nitrogen and oxygen atoms in total. The van der Waals surface area contributed by atoms with Crippen LogP contribution >= 0.6 is 15.9 Å². The van der Waals surface area contributed by atoms with Crippen LogP contribution in [0, 0.1) is 10.1 Å². The van der Waals surface area contributed by atoms with Crippen LogP contribution in [0.3, 0.4) is 0 Å². The molecule has 0 aliphatic carbocycles. The Morgan fingerprint density at radius 3 is 2.19 bits per heavy atom. The van der Waals surface area contributed by atoms with Gasteiger partial charge in [-0.15, -0.1) is 0 Å². The lowest BCUT2D eigenvalue weighted by Gasteiger charge is -2.10. The molecule has 86 valence electrons. The van der Waals surface area contributed by atoms with Gasteiger partial charge in [0, 0.05) is 10.5 Å². The van der Waals surface area contributed by atoms with E-state index in [0.29, 0.717) is 17.1 Å². The van der Waals surface area contributed by atoms with Crippen molar-refractivity contribution in [3.63, 3.8) is 0 Å². The summed E-state index contributed by atoms with van der Waals surface area (Å²) < 4.78 is 11.0. The molecule has 0 saturated carbocycles. The molecular formula is C10H10BrNO4. The van der Waals surface area contributed by atoms with E-state index in [1.54, 1.807) is 12.1 Å². The molecule has 0 bridgehead atoms. The molecule has 0 spiro atoms. The molecule has 0 unspecified atom stereocenters. The van der Waals surface area contributed by atoms with Crippen molar-refractivity contribution in [2.24, 2.45) is 0 Å². The van der Waals surface area contributed by atoms with Crippen LogP contribution in [0.25, 0.3) is 6.08 Å². The Hall–Kier alpha value is -1.56. The van der Waals surface area contributed by atoms with Crippen molar-refractivity contribution in [2.75, 3.05) is 14.2 Å². The predicted molar refractivity (Wildman–Crippen MR) is 63.3 cm³/mol. The van der Waals surface area contributed by atoms with Gasteiger partial charge in [0.15, 0.2) is 0 Å². The maximum atomic E-state index is 10.3. The van der Waals surface area contributed by atoms with Gasteiger partial charge in [0.2, 0.25) is 6.20 Å². The average Bonchev–Trinajstić information content (AvgIpc) is 2.25. The van der Waals surface area contributed by atoms with E-state index in [0.717, 1.165) is 10.7 Å². The van der Waals surface area contributed by atoms with Crippen LogP contribution in [0.15, 0.2) is 22.8 Å². The highest BCUT2D eigenvalue weighted by Crippen LogP contribution is 2.33. The Bertz CT molecular complexity index is 406. The molecule has 0 aliphatic rings. The van der Waals surface area contributed by atoms with Crippen molar-refractivity contribution in [2.45, 2.75) is 0 Å². The van der Waals surface area contributed by atoms with Crippen LogP contribution in [-0.2, 0) is 0 Å². The quantitative estimate of drug-likeness (QED) is 0.631. The molecule has 0 aromatic heterocycles. The lowest BCUT2D eigenvalue weighted by molar-refractivity contribution is -0.400. The highest BCUT2D eigenvalue weighted by atomic mass is 79.9. The van der Waals surface area contributed by atoms with Crippen molar-refractivity contribution >= 4 is 22.0 Å². The lowest BCUT2D eigenvalue weighted by Crippen LogP contribution is -1.93. The Balaban J connectivity index is 3.27. The van der Waals surface area contributed by atoms with E-state index in [9.17, 15) is 10.1 Å². The first-order chi connectivity index (χ1) is 7.58. The van der Waals surface area contributed by atoms with E-state index < -0.39 is 4.92 Å². The van der Waals surface area contributed by atoms with E-state index in [4.69, 9.17) is 9.47 Å². The minimum Gasteiger partial charge on any atom is -0.496 e. The van der Waals surface area contributed by atoms with Gasteiger partial charge in [-0.2, -0.15) is 0 Å². The Morgan fingerprint density at radius 2 is 1.81 bits per heavy atom. The molecule has 0 saturated heterocycles. The van der Waals surface area contributed by atoms with E-state index >= 15 is 0 Å². The summed E-state index contributed by atoms with van der Waals surface area (Å²) in [6.07, 6.45) is 2.18. The minimum absolute atomic E-state index is 0.504. The van der Waals surface area contributed by atoms with Crippen molar-refractivity contribution in [3.8, 4) is 11.5 Å². The number of benzene rings is 1. The Labute approximate surface area is 101 Å². The summed E-state index contributed by atoms with van der Waals surface area (Å²) in [6.45, 7) is 0.